The summed E-state index contributed by atoms with van der Waals surface area (Å²) in [5.41, 5.74) is 2.69. The largest absolute Gasteiger partial charge is 0.456 e. The number of amides is 2. The molecule has 0 saturated heterocycles. The second-order valence-electron chi connectivity index (χ2n) is 8.55. The number of aromatic nitrogens is 1. The third-order valence-electron chi connectivity index (χ3n) is 5.78. The number of anilines is 1. The summed E-state index contributed by atoms with van der Waals surface area (Å²) in [6, 6.07) is 9.58. The molecular weight excluding hydrogens is 493 g/mol. The lowest BCUT2D eigenvalue weighted by atomic mass is 10.0. The Morgan fingerprint density at radius 2 is 1.84 bits per heavy atom. The molecule has 0 atom stereocenters. The third-order valence-corrected chi connectivity index (χ3v) is 6.90. The zero-order valence-electron chi connectivity index (χ0n) is 20.9. The SMILES string of the molecule is C=CC(=O)Nc1ccc(Oc2c(C)cc(F)cc2C)c(-c2cn(C)c(=O)c3sc(C(=O)NCC)cc23)c1. The number of carbonyl (C=O) groups excluding carboxylic acids is 2. The van der Waals surface area contributed by atoms with Gasteiger partial charge < -0.3 is 19.9 Å². The monoisotopic (exact) mass is 519 g/mol. The Kier molecular flexibility index (Phi) is 7.26. The van der Waals surface area contributed by atoms with Crippen molar-refractivity contribution in [1.82, 2.24) is 9.88 Å². The van der Waals surface area contributed by atoms with Gasteiger partial charge in [0.1, 0.15) is 22.0 Å². The van der Waals surface area contributed by atoms with Crippen molar-refractivity contribution >= 4 is 38.9 Å². The molecule has 0 spiro atoms. The second kappa shape index (κ2) is 10.4. The van der Waals surface area contributed by atoms with Gasteiger partial charge in [0, 0.05) is 42.0 Å². The molecule has 0 saturated carbocycles. The molecule has 7 nitrogen and oxygen atoms in total. The zero-order valence-corrected chi connectivity index (χ0v) is 21.7. The molecular formula is C28H26FN3O4S. The Bertz CT molecular complexity index is 1600. The van der Waals surface area contributed by atoms with Gasteiger partial charge >= 0.3 is 0 Å². The van der Waals surface area contributed by atoms with Gasteiger partial charge in [-0.1, -0.05) is 6.58 Å². The number of nitrogens with one attached hydrogen (secondary N) is 2. The molecule has 2 aromatic heterocycles. The molecule has 190 valence electrons. The molecule has 0 bridgehead atoms. The zero-order chi connectivity index (χ0) is 26.9. The number of hydrogen-bond donors (Lipinski definition) is 2. The fourth-order valence-corrected chi connectivity index (χ4v) is 5.15. The van der Waals surface area contributed by atoms with Crippen molar-refractivity contribution in [3.8, 4) is 22.6 Å². The average Bonchev–Trinajstić information content (AvgIpc) is 3.30. The van der Waals surface area contributed by atoms with Crippen LogP contribution in [0, 0.1) is 19.7 Å². The normalized spacial score (nSPS) is 10.8. The van der Waals surface area contributed by atoms with Gasteiger partial charge in [0.05, 0.1) is 4.88 Å². The van der Waals surface area contributed by atoms with Crippen LogP contribution in [0.3, 0.4) is 0 Å². The lowest BCUT2D eigenvalue weighted by Crippen LogP contribution is -2.21. The molecule has 2 heterocycles. The van der Waals surface area contributed by atoms with Gasteiger partial charge in [0.25, 0.3) is 11.5 Å². The minimum absolute atomic E-state index is 0.233. The van der Waals surface area contributed by atoms with Crippen molar-refractivity contribution in [2.24, 2.45) is 7.05 Å². The van der Waals surface area contributed by atoms with E-state index in [0.29, 0.717) is 60.9 Å². The second-order valence-corrected chi connectivity index (χ2v) is 9.60. The van der Waals surface area contributed by atoms with Gasteiger partial charge in [-0.2, -0.15) is 0 Å². The van der Waals surface area contributed by atoms with Crippen molar-refractivity contribution in [3.05, 3.63) is 87.4 Å². The van der Waals surface area contributed by atoms with E-state index in [9.17, 15) is 18.8 Å². The van der Waals surface area contributed by atoms with Crippen LogP contribution >= 0.6 is 11.3 Å². The summed E-state index contributed by atoms with van der Waals surface area (Å²) in [5, 5.41) is 6.09. The molecule has 4 rings (SSSR count). The van der Waals surface area contributed by atoms with E-state index in [1.165, 1.54) is 16.7 Å². The maximum Gasteiger partial charge on any atom is 0.268 e. The predicted octanol–water partition coefficient (Wildman–Crippen LogP) is 5.69. The number of thiophene rings is 1. The molecule has 37 heavy (non-hydrogen) atoms. The summed E-state index contributed by atoms with van der Waals surface area (Å²) in [6.07, 6.45) is 2.84. The van der Waals surface area contributed by atoms with E-state index in [1.807, 2.05) is 6.92 Å². The van der Waals surface area contributed by atoms with Gasteiger partial charge in [-0.25, -0.2) is 4.39 Å². The first-order valence-electron chi connectivity index (χ1n) is 11.6. The topological polar surface area (TPSA) is 89.4 Å². The number of rotatable bonds is 7. The number of aryl methyl sites for hydroxylation is 3. The number of benzene rings is 2. The van der Waals surface area contributed by atoms with Crippen LogP contribution in [0.25, 0.3) is 21.2 Å². The summed E-state index contributed by atoms with van der Waals surface area (Å²) < 4.78 is 22.1. The minimum Gasteiger partial charge on any atom is -0.456 e. The number of hydrogen-bond acceptors (Lipinski definition) is 5. The van der Waals surface area contributed by atoms with E-state index in [4.69, 9.17) is 4.74 Å². The molecule has 4 aromatic rings. The van der Waals surface area contributed by atoms with Gasteiger partial charge in [0.2, 0.25) is 5.91 Å². The van der Waals surface area contributed by atoms with Crippen LogP contribution in [0.4, 0.5) is 10.1 Å². The maximum atomic E-state index is 13.9. The number of halogens is 1. The highest BCUT2D eigenvalue weighted by Gasteiger charge is 2.20. The molecule has 2 aromatic carbocycles. The number of nitrogens with zero attached hydrogens (tertiary/aromatic N) is 1. The van der Waals surface area contributed by atoms with E-state index in [0.717, 1.165) is 17.4 Å². The lowest BCUT2D eigenvalue weighted by Gasteiger charge is -2.17. The smallest absolute Gasteiger partial charge is 0.268 e. The highest BCUT2D eigenvalue weighted by molar-refractivity contribution is 7.20. The first-order valence-corrected chi connectivity index (χ1v) is 12.4. The van der Waals surface area contributed by atoms with Crippen LogP contribution < -0.4 is 20.9 Å². The Balaban J connectivity index is 1.97. The van der Waals surface area contributed by atoms with Crippen LogP contribution in [0.2, 0.25) is 0 Å². The van der Waals surface area contributed by atoms with Crippen molar-refractivity contribution in [3.63, 3.8) is 0 Å². The fraction of sp³-hybridized carbons (Fsp3) is 0.179. The van der Waals surface area contributed by atoms with E-state index in [1.54, 1.807) is 51.4 Å². The molecule has 0 fully saturated rings. The first-order chi connectivity index (χ1) is 17.6. The fourth-order valence-electron chi connectivity index (χ4n) is 4.08. The van der Waals surface area contributed by atoms with Crippen LogP contribution in [0.1, 0.15) is 27.7 Å². The van der Waals surface area contributed by atoms with Crippen molar-refractivity contribution in [1.29, 1.82) is 0 Å². The quantitative estimate of drug-likeness (QED) is 0.307. The first kappa shape index (κ1) is 25.8. The van der Waals surface area contributed by atoms with Crippen molar-refractivity contribution in [2.45, 2.75) is 20.8 Å². The van der Waals surface area contributed by atoms with Gasteiger partial charge in [-0.05, 0) is 74.4 Å². The van der Waals surface area contributed by atoms with Crippen molar-refractivity contribution < 1.29 is 18.7 Å². The van der Waals surface area contributed by atoms with Gasteiger partial charge in [0.15, 0.2) is 0 Å². The van der Waals surface area contributed by atoms with E-state index < -0.39 is 0 Å². The molecule has 0 unspecified atom stereocenters. The highest BCUT2D eigenvalue weighted by Crippen LogP contribution is 2.41. The molecule has 0 radical (unpaired) electrons. The molecule has 2 N–H and O–H groups in total. The average molecular weight is 520 g/mol. The van der Waals surface area contributed by atoms with E-state index in [-0.39, 0.29) is 23.2 Å². The Hall–Kier alpha value is -4.24. The van der Waals surface area contributed by atoms with Crippen LogP contribution in [0.15, 0.2) is 60.0 Å². The Morgan fingerprint density at radius 1 is 1.14 bits per heavy atom. The Morgan fingerprint density at radius 3 is 2.49 bits per heavy atom. The van der Waals surface area contributed by atoms with Crippen LogP contribution in [-0.2, 0) is 11.8 Å². The van der Waals surface area contributed by atoms with Gasteiger partial charge in [-0.3, -0.25) is 14.4 Å². The van der Waals surface area contributed by atoms with Crippen LogP contribution in [0.5, 0.6) is 11.5 Å². The summed E-state index contributed by atoms with van der Waals surface area (Å²) in [4.78, 5) is 37.9. The standard InChI is InChI=1S/C28H26FN3O4S/c1-6-24(33)31-18-8-9-22(36-25-15(3)10-17(29)11-16(25)4)19(12-18)21-14-32(5)28(35)26-20(21)13-23(37-26)27(34)30-7-2/h6,8-14H,1,7H2,2-5H3,(H,30,34)(H,31,33). The lowest BCUT2D eigenvalue weighted by molar-refractivity contribution is -0.111. The number of ether oxygens (including phenoxy) is 1. The molecule has 9 heteroatoms. The summed E-state index contributed by atoms with van der Waals surface area (Å²) in [7, 11) is 1.63. The molecule has 2 amide bonds. The summed E-state index contributed by atoms with van der Waals surface area (Å²) >= 11 is 1.12. The van der Waals surface area contributed by atoms with E-state index in [2.05, 4.69) is 17.2 Å². The molecule has 0 aliphatic carbocycles. The van der Waals surface area contributed by atoms with Crippen molar-refractivity contribution in [2.75, 3.05) is 11.9 Å². The predicted molar refractivity (Wildman–Crippen MR) is 145 cm³/mol. The van der Waals surface area contributed by atoms with Gasteiger partial charge in [-0.15, -0.1) is 11.3 Å². The van der Waals surface area contributed by atoms with E-state index >= 15 is 0 Å². The minimum atomic E-state index is -0.385. The molecule has 0 aliphatic rings. The summed E-state index contributed by atoms with van der Waals surface area (Å²) in [5.74, 6) is -0.0803. The van der Waals surface area contributed by atoms with Crippen LogP contribution in [-0.4, -0.2) is 22.9 Å². The number of fused-ring (bicyclic) bond motifs is 1. The Labute approximate surface area is 217 Å². The number of pyridine rings is 1. The maximum absolute atomic E-state index is 13.9. The molecule has 0 aliphatic heterocycles. The third kappa shape index (κ3) is 5.17. The number of carbonyl (C=O) groups is 2. The summed E-state index contributed by atoms with van der Waals surface area (Å²) in [6.45, 7) is 9.28. The highest BCUT2D eigenvalue weighted by atomic mass is 32.1.